The van der Waals surface area contributed by atoms with E-state index in [0.29, 0.717) is 0 Å². The van der Waals surface area contributed by atoms with Gasteiger partial charge < -0.3 is 14.8 Å². The van der Waals surface area contributed by atoms with E-state index in [-0.39, 0.29) is 18.4 Å². The van der Waals surface area contributed by atoms with Gasteiger partial charge in [-0.1, -0.05) is 23.7 Å². The minimum absolute atomic E-state index is 0.191. The molecule has 1 aromatic rings. The quantitative estimate of drug-likeness (QED) is 0.546. The minimum atomic E-state index is -1.04. The lowest BCUT2D eigenvalue weighted by molar-refractivity contribution is -0.109. The van der Waals surface area contributed by atoms with Crippen LogP contribution in [0.2, 0.25) is 5.02 Å². The van der Waals surface area contributed by atoms with Crippen LogP contribution in [0.15, 0.2) is 24.3 Å². The van der Waals surface area contributed by atoms with Crippen LogP contribution < -0.4 is 5.43 Å². The molecule has 1 amide bonds. The van der Waals surface area contributed by atoms with Crippen LogP contribution in [0.4, 0.5) is 4.79 Å². The molecule has 1 heterocycles. The van der Waals surface area contributed by atoms with Crippen LogP contribution >= 0.6 is 11.6 Å². The fourth-order valence-electron chi connectivity index (χ4n) is 3.55. The first-order valence-electron chi connectivity index (χ1n) is 8.65. The van der Waals surface area contributed by atoms with Crippen LogP contribution in [-0.4, -0.2) is 60.1 Å². The second-order valence-electron chi connectivity index (χ2n) is 6.40. The zero-order chi connectivity index (χ0) is 18.2. The number of amides is 1. The van der Waals surface area contributed by atoms with Gasteiger partial charge in [-0.15, -0.1) is 0 Å². The SMILES string of the molecule is CNN(C(=O)O)C(CC=O)C1CCN(CCc2cccc(Cl)c2)CC1. The van der Waals surface area contributed by atoms with Crippen LogP contribution in [0.25, 0.3) is 0 Å². The van der Waals surface area contributed by atoms with Gasteiger partial charge in [0.1, 0.15) is 6.29 Å². The van der Waals surface area contributed by atoms with Crippen LogP contribution in [-0.2, 0) is 11.2 Å². The van der Waals surface area contributed by atoms with Crippen LogP contribution in [0, 0.1) is 5.92 Å². The third kappa shape index (κ3) is 5.70. The first-order chi connectivity index (χ1) is 12.0. The molecule has 0 spiro atoms. The smallest absolute Gasteiger partial charge is 0.422 e. The number of piperidine rings is 1. The Morgan fingerprint density at radius 1 is 1.48 bits per heavy atom. The molecule has 6 nitrogen and oxygen atoms in total. The average molecular weight is 368 g/mol. The second kappa shape index (κ2) is 9.75. The van der Waals surface area contributed by atoms with Gasteiger partial charge in [-0.25, -0.2) is 15.2 Å². The standard InChI is InChI=1S/C18H26ClN3O3/c1-20-22(18(24)25)17(8-12-23)15-6-10-21(11-7-15)9-5-14-3-2-4-16(19)13-14/h2-4,12-13,15,17,20H,5-11H2,1H3,(H,24,25). The molecule has 0 saturated carbocycles. The highest BCUT2D eigenvalue weighted by Crippen LogP contribution is 2.25. The number of carboxylic acid groups (broad SMARTS) is 1. The number of rotatable bonds is 8. The highest BCUT2D eigenvalue weighted by atomic mass is 35.5. The molecule has 1 atom stereocenters. The molecular weight excluding hydrogens is 342 g/mol. The molecule has 1 fully saturated rings. The number of likely N-dealkylation sites (tertiary alicyclic amines) is 1. The van der Waals surface area contributed by atoms with E-state index in [0.717, 1.165) is 50.2 Å². The van der Waals surface area contributed by atoms with Crippen molar-refractivity contribution in [2.75, 3.05) is 26.7 Å². The van der Waals surface area contributed by atoms with Crippen molar-refractivity contribution in [2.45, 2.75) is 31.7 Å². The molecule has 1 aliphatic heterocycles. The zero-order valence-electron chi connectivity index (χ0n) is 14.5. The molecular formula is C18H26ClN3O3. The first-order valence-corrected chi connectivity index (χ1v) is 9.03. The molecule has 25 heavy (non-hydrogen) atoms. The summed E-state index contributed by atoms with van der Waals surface area (Å²) in [5.41, 5.74) is 3.92. The summed E-state index contributed by atoms with van der Waals surface area (Å²) in [6, 6.07) is 7.60. The Balaban J connectivity index is 1.86. The molecule has 2 rings (SSSR count). The molecule has 2 N–H and O–H groups in total. The topological polar surface area (TPSA) is 72.9 Å². The van der Waals surface area contributed by atoms with Crippen molar-refractivity contribution in [2.24, 2.45) is 5.92 Å². The monoisotopic (exact) mass is 367 g/mol. The Labute approximate surface area is 153 Å². The summed E-state index contributed by atoms with van der Waals surface area (Å²) < 4.78 is 0. The first kappa shape index (κ1) is 19.7. The van der Waals surface area contributed by atoms with E-state index in [2.05, 4.69) is 16.4 Å². The Kier molecular flexibility index (Phi) is 7.68. The summed E-state index contributed by atoms with van der Waals surface area (Å²) in [7, 11) is 1.58. The van der Waals surface area contributed by atoms with Gasteiger partial charge in [-0.3, -0.25) is 0 Å². The van der Waals surface area contributed by atoms with Crippen LogP contribution in [0.1, 0.15) is 24.8 Å². The van der Waals surface area contributed by atoms with Crippen molar-refractivity contribution < 1.29 is 14.7 Å². The molecule has 1 unspecified atom stereocenters. The summed E-state index contributed by atoms with van der Waals surface area (Å²) in [5.74, 6) is 0.191. The van der Waals surface area contributed by atoms with Gasteiger partial charge in [-0.05, 0) is 56.0 Å². The lowest BCUT2D eigenvalue weighted by Crippen LogP contribution is -2.52. The van der Waals surface area contributed by atoms with Crippen molar-refractivity contribution in [1.29, 1.82) is 0 Å². The molecule has 0 bridgehead atoms. The Bertz CT molecular complexity index is 576. The maximum absolute atomic E-state index is 11.4. The lowest BCUT2D eigenvalue weighted by atomic mass is 9.87. The van der Waals surface area contributed by atoms with Gasteiger partial charge >= 0.3 is 6.09 Å². The van der Waals surface area contributed by atoms with Crippen LogP contribution in [0.3, 0.4) is 0 Å². The van der Waals surface area contributed by atoms with E-state index in [4.69, 9.17) is 11.6 Å². The van der Waals surface area contributed by atoms with Gasteiger partial charge in [0.05, 0.1) is 6.04 Å². The number of carbonyl (C=O) groups is 2. The van der Waals surface area contributed by atoms with Gasteiger partial charge in [0.2, 0.25) is 0 Å². The van der Waals surface area contributed by atoms with E-state index in [1.165, 1.54) is 10.6 Å². The Morgan fingerprint density at radius 2 is 2.20 bits per heavy atom. The highest BCUT2D eigenvalue weighted by molar-refractivity contribution is 6.30. The fraction of sp³-hybridized carbons (Fsp3) is 0.556. The zero-order valence-corrected chi connectivity index (χ0v) is 15.3. The molecule has 0 radical (unpaired) electrons. The molecule has 0 aromatic heterocycles. The molecule has 7 heteroatoms. The molecule has 1 aromatic carbocycles. The van der Waals surface area contributed by atoms with Gasteiger partial charge in [0.15, 0.2) is 0 Å². The van der Waals surface area contributed by atoms with Crippen molar-refractivity contribution >= 4 is 24.0 Å². The number of hydrogen-bond donors (Lipinski definition) is 2. The Morgan fingerprint density at radius 3 is 2.76 bits per heavy atom. The lowest BCUT2D eigenvalue weighted by Gasteiger charge is -2.39. The third-order valence-electron chi connectivity index (χ3n) is 4.90. The molecule has 1 saturated heterocycles. The molecule has 1 aliphatic rings. The summed E-state index contributed by atoms with van der Waals surface area (Å²) >= 11 is 6.02. The normalized spacial score (nSPS) is 17.2. The Hall–Kier alpha value is -1.63. The fourth-order valence-corrected chi connectivity index (χ4v) is 3.76. The minimum Gasteiger partial charge on any atom is -0.464 e. The largest absolute Gasteiger partial charge is 0.464 e. The summed E-state index contributed by atoms with van der Waals surface area (Å²) in [5, 5.41) is 11.2. The number of hydrazine groups is 1. The van der Waals surface area contributed by atoms with Crippen molar-refractivity contribution in [3.63, 3.8) is 0 Å². The van der Waals surface area contributed by atoms with E-state index in [9.17, 15) is 14.7 Å². The average Bonchev–Trinajstić information content (AvgIpc) is 2.60. The number of aldehydes is 1. The maximum atomic E-state index is 11.4. The second-order valence-corrected chi connectivity index (χ2v) is 6.84. The summed E-state index contributed by atoms with van der Waals surface area (Å²) in [6.45, 7) is 2.79. The van der Waals surface area contributed by atoms with Crippen molar-refractivity contribution in [3.8, 4) is 0 Å². The van der Waals surface area contributed by atoms with Gasteiger partial charge in [-0.2, -0.15) is 0 Å². The number of carbonyl (C=O) groups excluding carboxylic acids is 1. The molecule has 138 valence electrons. The number of benzene rings is 1. The maximum Gasteiger partial charge on any atom is 0.422 e. The predicted octanol–water partition coefficient (Wildman–Crippen LogP) is 2.67. The number of halogens is 1. The van der Waals surface area contributed by atoms with E-state index in [1.807, 2.05) is 18.2 Å². The number of nitrogens with one attached hydrogen (secondary N) is 1. The van der Waals surface area contributed by atoms with Crippen LogP contribution in [0.5, 0.6) is 0 Å². The van der Waals surface area contributed by atoms with Gasteiger partial charge in [0.25, 0.3) is 0 Å². The van der Waals surface area contributed by atoms with E-state index < -0.39 is 6.09 Å². The van der Waals surface area contributed by atoms with Gasteiger partial charge in [0, 0.05) is 25.0 Å². The predicted molar refractivity (Wildman–Crippen MR) is 97.7 cm³/mol. The van der Waals surface area contributed by atoms with Crippen molar-refractivity contribution in [1.82, 2.24) is 15.3 Å². The highest BCUT2D eigenvalue weighted by Gasteiger charge is 2.32. The number of nitrogens with zero attached hydrogens (tertiary/aromatic N) is 2. The summed E-state index contributed by atoms with van der Waals surface area (Å²) in [4.78, 5) is 24.7. The molecule has 0 aliphatic carbocycles. The summed E-state index contributed by atoms with van der Waals surface area (Å²) in [6.07, 6.45) is 2.71. The van der Waals surface area contributed by atoms with E-state index >= 15 is 0 Å². The van der Waals surface area contributed by atoms with E-state index in [1.54, 1.807) is 7.05 Å². The van der Waals surface area contributed by atoms with Crippen molar-refractivity contribution in [3.05, 3.63) is 34.9 Å². The third-order valence-corrected chi connectivity index (χ3v) is 5.13. The number of hydrogen-bond acceptors (Lipinski definition) is 4.